The van der Waals surface area contributed by atoms with E-state index >= 15 is 0 Å². The molecular weight excluding hydrogens is 196 g/mol. The molecule has 1 saturated heterocycles. The number of unbranched alkanes of at least 4 members (excludes halogenated alkanes) is 1. The molecule has 0 atom stereocenters. The molecule has 82 valence electrons. The first-order valence-electron chi connectivity index (χ1n) is 5.32. The molecule has 14 heavy (non-hydrogen) atoms. The highest BCUT2D eigenvalue weighted by Gasteiger charge is 2.14. The van der Waals surface area contributed by atoms with Crippen molar-refractivity contribution in [2.24, 2.45) is 0 Å². The van der Waals surface area contributed by atoms with E-state index < -0.39 is 0 Å². The summed E-state index contributed by atoms with van der Waals surface area (Å²) >= 11 is 1.85. The van der Waals surface area contributed by atoms with Crippen molar-refractivity contribution in [1.82, 2.24) is 10.2 Å². The Labute approximate surface area is 90.6 Å². The number of thioether (sulfide) groups is 1. The van der Waals surface area contributed by atoms with Crippen LogP contribution in [0.25, 0.3) is 0 Å². The second-order valence-electron chi connectivity index (χ2n) is 3.58. The number of piperazine rings is 1. The summed E-state index contributed by atoms with van der Waals surface area (Å²) in [6.07, 6.45) is 5.06. The fourth-order valence-corrected chi connectivity index (χ4v) is 2.09. The Balaban J connectivity index is 2.07. The van der Waals surface area contributed by atoms with Crippen LogP contribution in [-0.2, 0) is 4.79 Å². The Morgan fingerprint density at radius 2 is 2.07 bits per heavy atom. The highest BCUT2D eigenvalue weighted by molar-refractivity contribution is 7.98. The number of hydrogen-bond donors (Lipinski definition) is 1. The highest BCUT2D eigenvalue weighted by Crippen LogP contribution is 2.05. The fourth-order valence-electron chi connectivity index (χ4n) is 1.59. The van der Waals surface area contributed by atoms with Crippen molar-refractivity contribution in [2.75, 3.05) is 38.2 Å². The van der Waals surface area contributed by atoms with Gasteiger partial charge in [-0.05, 0) is 24.9 Å². The summed E-state index contributed by atoms with van der Waals surface area (Å²) in [4.78, 5) is 13.6. The standard InChI is InChI=1S/C10H20N2OS/c1-14-9-3-2-4-10(13)12-7-5-11-6-8-12/h11H,2-9H2,1H3. The lowest BCUT2D eigenvalue weighted by molar-refractivity contribution is -0.131. The molecule has 0 aromatic heterocycles. The van der Waals surface area contributed by atoms with Crippen LogP contribution in [0, 0.1) is 0 Å². The lowest BCUT2D eigenvalue weighted by Gasteiger charge is -2.27. The average Bonchev–Trinajstić information content (AvgIpc) is 2.25. The van der Waals surface area contributed by atoms with Crippen molar-refractivity contribution in [1.29, 1.82) is 0 Å². The van der Waals surface area contributed by atoms with E-state index in [1.807, 2.05) is 16.7 Å². The number of rotatable bonds is 5. The second kappa shape index (κ2) is 7.12. The Morgan fingerprint density at radius 3 is 2.71 bits per heavy atom. The van der Waals surface area contributed by atoms with Crippen molar-refractivity contribution in [3.05, 3.63) is 0 Å². The van der Waals surface area contributed by atoms with E-state index in [0.717, 1.165) is 39.0 Å². The van der Waals surface area contributed by atoms with Crippen LogP contribution < -0.4 is 5.32 Å². The molecule has 1 aliphatic rings. The quantitative estimate of drug-likeness (QED) is 0.695. The van der Waals surface area contributed by atoms with E-state index in [1.165, 1.54) is 12.2 Å². The number of nitrogens with one attached hydrogen (secondary N) is 1. The Bertz CT molecular complexity index is 170. The summed E-state index contributed by atoms with van der Waals surface area (Å²) in [5.41, 5.74) is 0. The molecule has 1 amide bonds. The van der Waals surface area contributed by atoms with Gasteiger partial charge >= 0.3 is 0 Å². The Morgan fingerprint density at radius 1 is 1.36 bits per heavy atom. The van der Waals surface area contributed by atoms with Crippen LogP contribution in [0.5, 0.6) is 0 Å². The number of carbonyl (C=O) groups excluding carboxylic acids is 1. The van der Waals surface area contributed by atoms with Crippen LogP contribution >= 0.6 is 11.8 Å². The van der Waals surface area contributed by atoms with Crippen LogP contribution in [-0.4, -0.2) is 49.0 Å². The van der Waals surface area contributed by atoms with Gasteiger partial charge in [-0.1, -0.05) is 0 Å². The van der Waals surface area contributed by atoms with E-state index in [9.17, 15) is 4.79 Å². The molecule has 0 aliphatic carbocycles. The van der Waals surface area contributed by atoms with E-state index in [2.05, 4.69) is 11.6 Å². The molecule has 0 saturated carbocycles. The topological polar surface area (TPSA) is 32.3 Å². The normalized spacial score (nSPS) is 17.1. The molecule has 1 fully saturated rings. The SMILES string of the molecule is CSCCCCC(=O)N1CCNCC1. The predicted molar refractivity (Wildman–Crippen MR) is 61.7 cm³/mol. The minimum Gasteiger partial charge on any atom is -0.340 e. The van der Waals surface area contributed by atoms with Crippen molar-refractivity contribution >= 4 is 17.7 Å². The molecule has 0 aromatic carbocycles. The zero-order valence-corrected chi connectivity index (χ0v) is 9.74. The van der Waals surface area contributed by atoms with Gasteiger partial charge in [0, 0.05) is 32.6 Å². The van der Waals surface area contributed by atoms with E-state index in [-0.39, 0.29) is 0 Å². The molecule has 4 heteroatoms. The van der Waals surface area contributed by atoms with Crippen molar-refractivity contribution in [3.63, 3.8) is 0 Å². The number of nitrogens with zero attached hydrogens (tertiary/aromatic N) is 1. The zero-order valence-electron chi connectivity index (χ0n) is 8.92. The first kappa shape index (κ1) is 11.9. The third-order valence-electron chi connectivity index (χ3n) is 2.46. The van der Waals surface area contributed by atoms with Crippen molar-refractivity contribution in [2.45, 2.75) is 19.3 Å². The van der Waals surface area contributed by atoms with Crippen LogP contribution in [0.4, 0.5) is 0 Å². The Kier molecular flexibility index (Phi) is 6.03. The molecule has 1 heterocycles. The molecule has 0 radical (unpaired) electrons. The summed E-state index contributed by atoms with van der Waals surface area (Å²) in [6, 6.07) is 0. The van der Waals surface area contributed by atoms with E-state index in [1.54, 1.807) is 0 Å². The second-order valence-corrected chi connectivity index (χ2v) is 4.57. The smallest absolute Gasteiger partial charge is 0.222 e. The molecule has 0 spiro atoms. The van der Waals surface area contributed by atoms with Crippen LogP contribution in [0.15, 0.2) is 0 Å². The minimum atomic E-state index is 0.340. The molecule has 0 unspecified atom stereocenters. The van der Waals surface area contributed by atoms with Gasteiger partial charge in [-0.2, -0.15) is 11.8 Å². The molecule has 1 N–H and O–H groups in total. The third-order valence-corrected chi connectivity index (χ3v) is 3.16. The molecule has 3 nitrogen and oxygen atoms in total. The molecule has 1 aliphatic heterocycles. The monoisotopic (exact) mass is 216 g/mol. The number of hydrogen-bond acceptors (Lipinski definition) is 3. The maximum Gasteiger partial charge on any atom is 0.222 e. The lowest BCUT2D eigenvalue weighted by Crippen LogP contribution is -2.46. The third kappa shape index (κ3) is 4.33. The largest absolute Gasteiger partial charge is 0.340 e. The summed E-state index contributed by atoms with van der Waals surface area (Å²) < 4.78 is 0. The van der Waals surface area contributed by atoms with Gasteiger partial charge in [0.2, 0.25) is 5.91 Å². The first-order chi connectivity index (χ1) is 6.84. The summed E-state index contributed by atoms with van der Waals surface area (Å²) in [7, 11) is 0. The van der Waals surface area contributed by atoms with Gasteiger partial charge in [-0.25, -0.2) is 0 Å². The maximum atomic E-state index is 11.7. The number of amides is 1. The highest BCUT2D eigenvalue weighted by atomic mass is 32.2. The zero-order chi connectivity index (χ0) is 10.2. The first-order valence-corrected chi connectivity index (χ1v) is 6.71. The molecule has 1 rings (SSSR count). The van der Waals surface area contributed by atoms with Gasteiger partial charge in [-0.15, -0.1) is 0 Å². The Hall–Kier alpha value is -0.220. The fraction of sp³-hybridized carbons (Fsp3) is 0.900. The van der Waals surface area contributed by atoms with Gasteiger partial charge < -0.3 is 10.2 Å². The molecule has 0 aromatic rings. The van der Waals surface area contributed by atoms with Gasteiger partial charge in [0.05, 0.1) is 0 Å². The van der Waals surface area contributed by atoms with E-state index in [4.69, 9.17) is 0 Å². The predicted octanol–water partition coefficient (Wildman–Crippen LogP) is 0.952. The summed E-state index contributed by atoms with van der Waals surface area (Å²) in [5.74, 6) is 1.52. The minimum absolute atomic E-state index is 0.340. The van der Waals surface area contributed by atoms with E-state index in [0.29, 0.717) is 5.91 Å². The lowest BCUT2D eigenvalue weighted by atomic mass is 10.2. The molecule has 0 bridgehead atoms. The van der Waals surface area contributed by atoms with Crippen molar-refractivity contribution < 1.29 is 4.79 Å². The molecular formula is C10H20N2OS. The van der Waals surface area contributed by atoms with Crippen LogP contribution in [0.3, 0.4) is 0 Å². The van der Waals surface area contributed by atoms with Gasteiger partial charge in [0.1, 0.15) is 0 Å². The summed E-state index contributed by atoms with van der Waals surface area (Å²) in [5, 5.41) is 3.25. The summed E-state index contributed by atoms with van der Waals surface area (Å²) in [6.45, 7) is 3.69. The van der Waals surface area contributed by atoms with Crippen molar-refractivity contribution in [3.8, 4) is 0 Å². The van der Waals surface area contributed by atoms with Crippen LogP contribution in [0.1, 0.15) is 19.3 Å². The van der Waals surface area contributed by atoms with Gasteiger partial charge in [0.15, 0.2) is 0 Å². The van der Waals surface area contributed by atoms with Gasteiger partial charge in [0.25, 0.3) is 0 Å². The number of carbonyl (C=O) groups is 1. The van der Waals surface area contributed by atoms with Gasteiger partial charge in [-0.3, -0.25) is 4.79 Å². The van der Waals surface area contributed by atoms with Crippen LogP contribution in [0.2, 0.25) is 0 Å². The average molecular weight is 216 g/mol. The maximum absolute atomic E-state index is 11.7.